The molecule has 0 amide bonds. The smallest absolute Gasteiger partial charge is 0.160 e. The van der Waals surface area contributed by atoms with E-state index in [0.717, 1.165) is 39.2 Å². The van der Waals surface area contributed by atoms with Crippen LogP contribution in [0, 0.1) is 0 Å². The second-order valence-corrected chi connectivity index (χ2v) is 14.1. The molecule has 52 heavy (non-hydrogen) atoms. The highest BCUT2D eigenvalue weighted by molar-refractivity contribution is 6.28. The molecule has 0 spiro atoms. The maximum Gasteiger partial charge on any atom is 0.160 e. The molecule has 0 bridgehead atoms. The van der Waals surface area contributed by atoms with Gasteiger partial charge in [0.2, 0.25) is 0 Å². The van der Waals surface area contributed by atoms with Crippen LogP contribution in [0.5, 0.6) is 0 Å². The Bertz CT molecular complexity index is 3100. The molecule has 2 aliphatic carbocycles. The van der Waals surface area contributed by atoms with Gasteiger partial charge in [0.25, 0.3) is 0 Å². The Morgan fingerprint density at radius 2 is 1.15 bits per heavy atom. The summed E-state index contributed by atoms with van der Waals surface area (Å²) in [5, 5.41) is 6.37. The van der Waals surface area contributed by atoms with E-state index in [9.17, 15) is 0 Å². The lowest BCUT2D eigenvalue weighted by Crippen LogP contribution is -2.30. The largest absolute Gasteiger partial charge is 0.309 e. The van der Waals surface area contributed by atoms with E-state index in [1.165, 1.54) is 66.0 Å². The van der Waals surface area contributed by atoms with Crippen LogP contribution in [0.15, 0.2) is 176 Å². The van der Waals surface area contributed by atoms with Gasteiger partial charge in [-0.15, -0.1) is 0 Å². The van der Waals surface area contributed by atoms with Gasteiger partial charge >= 0.3 is 0 Å². The summed E-state index contributed by atoms with van der Waals surface area (Å²) in [6.45, 7) is 0. The normalized spacial score (nSPS) is 15.4. The highest BCUT2D eigenvalue weighted by Gasteiger charge is 2.50. The maximum absolute atomic E-state index is 5.15. The van der Waals surface area contributed by atoms with Crippen molar-refractivity contribution in [3.05, 3.63) is 198 Å². The molecule has 12 rings (SSSR count). The van der Waals surface area contributed by atoms with Crippen LogP contribution in [0.1, 0.15) is 22.3 Å². The molecule has 0 aliphatic heterocycles. The van der Waals surface area contributed by atoms with E-state index < -0.39 is 5.41 Å². The topological polar surface area (TPSA) is 30.7 Å². The molecule has 2 aromatic heterocycles. The molecule has 8 aromatic carbocycles. The Balaban J connectivity index is 1.12. The van der Waals surface area contributed by atoms with Crippen LogP contribution in [0.2, 0.25) is 0 Å². The van der Waals surface area contributed by atoms with Crippen molar-refractivity contribution >= 4 is 43.5 Å². The zero-order valence-electron chi connectivity index (χ0n) is 28.1. The Hall–Kier alpha value is -6.84. The quantitative estimate of drug-likeness (QED) is 0.188. The predicted molar refractivity (Wildman–Crippen MR) is 213 cm³/mol. The molecule has 0 saturated carbocycles. The van der Waals surface area contributed by atoms with Gasteiger partial charge < -0.3 is 4.57 Å². The molecule has 2 heterocycles. The van der Waals surface area contributed by atoms with Gasteiger partial charge in [-0.1, -0.05) is 133 Å². The molecule has 3 heteroatoms. The van der Waals surface area contributed by atoms with E-state index >= 15 is 0 Å². The number of para-hydroxylation sites is 1. The molecule has 10 aromatic rings. The van der Waals surface area contributed by atoms with Gasteiger partial charge in [0.15, 0.2) is 5.82 Å². The highest BCUT2D eigenvalue weighted by Crippen LogP contribution is 2.63. The van der Waals surface area contributed by atoms with Crippen LogP contribution >= 0.6 is 0 Å². The van der Waals surface area contributed by atoms with Crippen LogP contribution in [-0.4, -0.2) is 14.5 Å². The van der Waals surface area contributed by atoms with Gasteiger partial charge in [0.05, 0.1) is 27.7 Å². The van der Waals surface area contributed by atoms with E-state index in [2.05, 4.69) is 168 Å². The number of benzene rings is 8. The van der Waals surface area contributed by atoms with E-state index in [-0.39, 0.29) is 0 Å². The number of hydrogen-bond acceptors (Lipinski definition) is 2. The number of hydrogen-bond donors (Lipinski definition) is 0. The molecular weight excluding hydrogens is 631 g/mol. The van der Waals surface area contributed by atoms with Crippen LogP contribution in [0.25, 0.3) is 82.9 Å². The molecule has 240 valence electrons. The second kappa shape index (κ2) is 10.1. The third-order valence-electron chi connectivity index (χ3n) is 11.6. The lowest BCUT2D eigenvalue weighted by atomic mass is 9.63. The molecule has 1 atom stereocenters. The Morgan fingerprint density at radius 1 is 0.442 bits per heavy atom. The Labute approximate surface area is 300 Å². The summed E-state index contributed by atoms with van der Waals surface area (Å²) in [5.41, 5.74) is 15.2. The van der Waals surface area contributed by atoms with E-state index in [1.54, 1.807) is 0 Å². The maximum atomic E-state index is 5.15. The van der Waals surface area contributed by atoms with E-state index in [4.69, 9.17) is 9.97 Å². The summed E-state index contributed by atoms with van der Waals surface area (Å²) in [4.78, 5) is 10.2. The number of aromatic nitrogens is 3. The summed E-state index contributed by atoms with van der Waals surface area (Å²) in [6, 6.07) is 63.9. The molecule has 0 fully saturated rings. The molecule has 0 N–H and O–H groups in total. The SMILES string of the molecule is c1ccc(-c2nc(-c3ccc(-n4c5ccc6c7c5c5c8c(cccc8ccc54)C7(c4ccccc4)c4ccccc4-6)cc3)nc3ccccc23)cc1. The van der Waals surface area contributed by atoms with Crippen molar-refractivity contribution in [1.82, 2.24) is 14.5 Å². The molecule has 3 nitrogen and oxygen atoms in total. The molecule has 0 saturated heterocycles. The summed E-state index contributed by atoms with van der Waals surface area (Å²) in [6.07, 6.45) is 0. The lowest BCUT2D eigenvalue weighted by Gasteiger charge is -2.37. The zero-order chi connectivity index (χ0) is 34.0. The first-order valence-corrected chi connectivity index (χ1v) is 17.9. The predicted octanol–water partition coefficient (Wildman–Crippen LogP) is 11.9. The monoisotopic (exact) mass is 659 g/mol. The standard InChI is InChI=1S/C49H29N3/c1-3-12-31(13-4-1)47-37-18-8-10-21-40(37)50-48(51-47)32-22-25-34(26-23-32)52-41-28-24-30-14-11-20-39-43(30)44(41)45-42(52)29-27-36-35-17-7-9-19-38(35)49(39,46(36)45)33-15-5-2-6-16-33/h1-29H. The average Bonchev–Trinajstić information content (AvgIpc) is 3.72. The summed E-state index contributed by atoms with van der Waals surface area (Å²) in [5.74, 6) is 0.725. The van der Waals surface area contributed by atoms with Gasteiger partial charge in [-0.05, 0) is 86.6 Å². The second-order valence-electron chi connectivity index (χ2n) is 14.1. The summed E-state index contributed by atoms with van der Waals surface area (Å²) in [7, 11) is 0. The van der Waals surface area contributed by atoms with Crippen molar-refractivity contribution in [3.63, 3.8) is 0 Å². The van der Waals surface area contributed by atoms with Crippen LogP contribution in [0.3, 0.4) is 0 Å². The van der Waals surface area contributed by atoms with Gasteiger partial charge in [0, 0.05) is 33.0 Å². The highest BCUT2D eigenvalue weighted by atomic mass is 15.0. The minimum atomic E-state index is -0.409. The van der Waals surface area contributed by atoms with E-state index in [1.807, 2.05) is 12.1 Å². The van der Waals surface area contributed by atoms with Crippen molar-refractivity contribution in [1.29, 1.82) is 0 Å². The van der Waals surface area contributed by atoms with Crippen LogP contribution in [0.4, 0.5) is 0 Å². The zero-order valence-corrected chi connectivity index (χ0v) is 28.1. The fourth-order valence-electron chi connectivity index (χ4n) is 9.56. The van der Waals surface area contributed by atoms with Crippen molar-refractivity contribution in [2.75, 3.05) is 0 Å². The molecule has 2 aliphatic rings. The first-order valence-electron chi connectivity index (χ1n) is 17.9. The molecule has 1 unspecified atom stereocenters. The Kier molecular flexibility index (Phi) is 5.43. The van der Waals surface area contributed by atoms with Crippen molar-refractivity contribution in [2.45, 2.75) is 5.41 Å². The van der Waals surface area contributed by atoms with Crippen LogP contribution < -0.4 is 0 Å². The van der Waals surface area contributed by atoms with Gasteiger partial charge in [-0.3, -0.25) is 0 Å². The minimum absolute atomic E-state index is 0.409. The Morgan fingerprint density at radius 3 is 2.02 bits per heavy atom. The first kappa shape index (κ1) is 27.9. The van der Waals surface area contributed by atoms with Gasteiger partial charge in [0.1, 0.15) is 0 Å². The number of nitrogens with zero attached hydrogens (tertiary/aromatic N) is 3. The lowest BCUT2D eigenvalue weighted by molar-refractivity contribution is 0.782. The third kappa shape index (κ3) is 3.45. The summed E-state index contributed by atoms with van der Waals surface area (Å²) < 4.78 is 2.46. The average molecular weight is 660 g/mol. The van der Waals surface area contributed by atoms with Gasteiger partial charge in [-0.2, -0.15) is 0 Å². The van der Waals surface area contributed by atoms with Crippen LogP contribution in [-0.2, 0) is 5.41 Å². The first-order chi connectivity index (χ1) is 25.8. The summed E-state index contributed by atoms with van der Waals surface area (Å²) >= 11 is 0. The molecule has 0 radical (unpaired) electrons. The van der Waals surface area contributed by atoms with Crippen molar-refractivity contribution in [2.24, 2.45) is 0 Å². The third-order valence-corrected chi connectivity index (χ3v) is 11.6. The van der Waals surface area contributed by atoms with E-state index in [0.29, 0.717) is 0 Å². The fraction of sp³-hybridized carbons (Fsp3) is 0.0204. The van der Waals surface area contributed by atoms with Gasteiger partial charge in [-0.25, -0.2) is 9.97 Å². The minimum Gasteiger partial charge on any atom is -0.309 e. The fourth-order valence-corrected chi connectivity index (χ4v) is 9.56. The van der Waals surface area contributed by atoms with Crippen molar-refractivity contribution < 1.29 is 0 Å². The van der Waals surface area contributed by atoms with Crippen molar-refractivity contribution in [3.8, 4) is 39.5 Å². The number of fused-ring (bicyclic) bond motifs is 5. The number of rotatable bonds is 4. The molecular formula is C49H29N3.